The lowest BCUT2D eigenvalue weighted by Gasteiger charge is -2.41. The lowest BCUT2D eigenvalue weighted by atomic mass is 9.75. The summed E-state index contributed by atoms with van der Waals surface area (Å²) < 4.78 is 62.2. The number of nitrogens with zero attached hydrogens (tertiary/aromatic N) is 6. The van der Waals surface area contributed by atoms with Crippen molar-refractivity contribution in [3.05, 3.63) is 70.4 Å². The number of ether oxygens (including phenoxy) is 1. The zero-order valence-corrected chi connectivity index (χ0v) is 20.7. The average molecular weight is 531 g/mol. The van der Waals surface area contributed by atoms with Gasteiger partial charge in [0.05, 0.1) is 19.8 Å². The van der Waals surface area contributed by atoms with Gasteiger partial charge in [-0.1, -0.05) is 12.1 Å². The van der Waals surface area contributed by atoms with Gasteiger partial charge in [0.2, 0.25) is 0 Å². The number of anilines is 1. The second-order valence-corrected chi connectivity index (χ2v) is 10.4. The van der Waals surface area contributed by atoms with Crippen molar-refractivity contribution in [1.29, 1.82) is 0 Å². The van der Waals surface area contributed by atoms with Crippen LogP contribution in [0.2, 0.25) is 0 Å². The molecule has 1 atom stereocenters. The Balaban J connectivity index is 1.30. The fraction of sp³-hybridized carbons (Fsp3) is 0.462. The van der Waals surface area contributed by atoms with E-state index in [1.165, 1.54) is 11.0 Å². The molecule has 200 valence electrons. The number of hydrogen-bond donors (Lipinski definition) is 0. The molecule has 0 unspecified atom stereocenters. The highest BCUT2D eigenvalue weighted by Crippen LogP contribution is 2.39. The number of halogens is 4. The predicted octanol–water partition coefficient (Wildman–Crippen LogP) is 3.44. The van der Waals surface area contributed by atoms with Gasteiger partial charge in [-0.05, 0) is 41.3 Å². The Hall–Kier alpha value is -3.38. The maximum absolute atomic E-state index is 13.7. The number of hydrogen-bond acceptors (Lipinski definition) is 6. The lowest BCUT2D eigenvalue weighted by Crippen LogP contribution is -2.49. The first kappa shape index (κ1) is 24.9. The summed E-state index contributed by atoms with van der Waals surface area (Å²) in [5, 5.41) is 8.12. The summed E-state index contributed by atoms with van der Waals surface area (Å²) in [6.45, 7) is 1.84. The molecule has 5 heterocycles. The fourth-order valence-electron chi connectivity index (χ4n) is 5.44. The van der Waals surface area contributed by atoms with E-state index in [9.17, 15) is 22.4 Å². The Morgan fingerprint density at radius 3 is 2.63 bits per heavy atom. The van der Waals surface area contributed by atoms with Crippen molar-refractivity contribution in [3.8, 4) is 0 Å². The van der Waals surface area contributed by atoms with Gasteiger partial charge in [0.25, 0.3) is 5.91 Å². The van der Waals surface area contributed by atoms with Gasteiger partial charge in [-0.2, -0.15) is 13.2 Å². The van der Waals surface area contributed by atoms with Gasteiger partial charge in [-0.15, -0.1) is 10.2 Å². The molecule has 12 heteroatoms. The summed E-state index contributed by atoms with van der Waals surface area (Å²) in [4.78, 5) is 20.4. The molecule has 6 rings (SSSR count). The van der Waals surface area contributed by atoms with Gasteiger partial charge < -0.3 is 9.30 Å². The first-order valence-corrected chi connectivity index (χ1v) is 12.4. The maximum atomic E-state index is 13.7. The molecular formula is C26H26F4N6O2. The van der Waals surface area contributed by atoms with E-state index in [4.69, 9.17) is 4.74 Å². The summed E-state index contributed by atoms with van der Waals surface area (Å²) in [5.74, 6) is 0.326. The van der Waals surface area contributed by atoms with Crippen LogP contribution in [0.4, 0.5) is 23.4 Å². The van der Waals surface area contributed by atoms with Crippen LogP contribution in [-0.2, 0) is 42.9 Å². The van der Waals surface area contributed by atoms with E-state index < -0.39 is 23.9 Å². The van der Waals surface area contributed by atoms with Crippen molar-refractivity contribution < 1.29 is 27.1 Å². The third-order valence-electron chi connectivity index (χ3n) is 7.64. The number of carbonyl (C=O) groups is 1. The Morgan fingerprint density at radius 2 is 2.00 bits per heavy atom. The van der Waals surface area contributed by atoms with Gasteiger partial charge in [-0.3, -0.25) is 14.6 Å². The van der Waals surface area contributed by atoms with Crippen LogP contribution in [0.25, 0.3) is 0 Å². The molecule has 38 heavy (non-hydrogen) atoms. The van der Waals surface area contributed by atoms with Crippen LogP contribution in [-0.4, -0.2) is 63.0 Å². The molecule has 3 aromatic rings. The molecule has 1 amide bonds. The SMILES string of the molecule is Cn1cnnc1CC1(c2ccc3c(c2)C(=O)N(c2cc(CN4CC[C@H](F)C4)cc(C(F)(F)F)n2)C3)COC1. The molecule has 0 N–H and O–H groups in total. The zero-order chi connectivity index (χ0) is 26.7. The minimum atomic E-state index is -4.68. The standard InChI is InChI=1S/C26H26F4N6O2/c1-34-15-31-33-23(34)9-25(13-38-14-25)18-3-2-17-11-36(24(37)20(17)8-18)22-7-16(6-21(32-22)26(28,29)30)10-35-5-4-19(27)12-35/h2-3,6-8,15,19H,4-5,9-14H2,1H3/t19-/m0/s1. The summed E-state index contributed by atoms with van der Waals surface area (Å²) in [7, 11) is 1.86. The summed E-state index contributed by atoms with van der Waals surface area (Å²) in [6, 6.07) is 8.09. The Morgan fingerprint density at radius 1 is 1.18 bits per heavy atom. The summed E-state index contributed by atoms with van der Waals surface area (Å²) >= 11 is 0. The van der Waals surface area contributed by atoms with Gasteiger partial charge in [-0.25, -0.2) is 9.37 Å². The highest BCUT2D eigenvalue weighted by atomic mass is 19.4. The van der Waals surface area contributed by atoms with E-state index in [0.29, 0.717) is 49.3 Å². The summed E-state index contributed by atoms with van der Waals surface area (Å²) in [5.41, 5.74) is 0.971. The number of rotatable bonds is 6. The Labute approximate surface area is 216 Å². The Kier molecular flexibility index (Phi) is 5.98. The number of carbonyl (C=O) groups excluding carboxylic acids is 1. The molecule has 0 radical (unpaired) electrons. The van der Waals surface area contributed by atoms with E-state index in [2.05, 4.69) is 15.2 Å². The van der Waals surface area contributed by atoms with E-state index in [0.717, 1.165) is 17.5 Å². The largest absolute Gasteiger partial charge is 0.433 e. The molecule has 0 spiro atoms. The molecule has 3 aliphatic heterocycles. The van der Waals surface area contributed by atoms with Crippen LogP contribution < -0.4 is 4.90 Å². The second kappa shape index (κ2) is 9.12. The number of benzene rings is 1. The van der Waals surface area contributed by atoms with Gasteiger partial charge >= 0.3 is 6.18 Å². The first-order valence-electron chi connectivity index (χ1n) is 12.4. The van der Waals surface area contributed by atoms with Crippen LogP contribution in [0.15, 0.2) is 36.7 Å². The number of pyridine rings is 1. The van der Waals surface area contributed by atoms with Crippen molar-refractivity contribution in [3.63, 3.8) is 0 Å². The fourth-order valence-corrected chi connectivity index (χ4v) is 5.44. The van der Waals surface area contributed by atoms with E-state index in [1.54, 1.807) is 11.2 Å². The van der Waals surface area contributed by atoms with Crippen LogP contribution >= 0.6 is 0 Å². The van der Waals surface area contributed by atoms with Crippen LogP contribution in [0.3, 0.4) is 0 Å². The van der Waals surface area contributed by atoms with Crippen LogP contribution in [0.1, 0.15) is 45.0 Å². The quantitative estimate of drug-likeness (QED) is 0.455. The molecule has 3 aliphatic rings. The number of aromatic nitrogens is 4. The van der Waals surface area contributed by atoms with Crippen LogP contribution in [0, 0.1) is 0 Å². The molecule has 2 fully saturated rings. The summed E-state index contributed by atoms with van der Waals surface area (Å²) in [6.07, 6.45) is -3.11. The van der Waals surface area contributed by atoms with Gasteiger partial charge in [0.15, 0.2) is 0 Å². The number of alkyl halides is 4. The van der Waals surface area contributed by atoms with Crippen molar-refractivity contribution in [2.24, 2.45) is 7.05 Å². The number of fused-ring (bicyclic) bond motifs is 1. The Bertz CT molecular complexity index is 1390. The average Bonchev–Trinajstić information content (AvgIpc) is 3.54. The van der Waals surface area contributed by atoms with Crippen molar-refractivity contribution in [1.82, 2.24) is 24.6 Å². The third kappa shape index (κ3) is 4.45. The molecule has 0 bridgehead atoms. The highest BCUT2D eigenvalue weighted by molar-refractivity contribution is 6.09. The topological polar surface area (TPSA) is 76.4 Å². The molecule has 0 saturated carbocycles. The number of aryl methyl sites for hydroxylation is 1. The molecule has 0 aliphatic carbocycles. The number of likely N-dealkylation sites (tertiary alicyclic amines) is 1. The van der Waals surface area contributed by atoms with Crippen molar-refractivity contribution >= 4 is 11.7 Å². The predicted molar refractivity (Wildman–Crippen MR) is 128 cm³/mol. The maximum Gasteiger partial charge on any atom is 0.433 e. The van der Waals surface area contributed by atoms with Gasteiger partial charge in [0.1, 0.15) is 29.8 Å². The minimum absolute atomic E-state index is 0.0608. The lowest BCUT2D eigenvalue weighted by molar-refractivity contribution is -0.141. The van der Waals surface area contributed by atoms with Crippen molar-refractivity contribution in [2.45, 2.75) is 43.7 Å². The van der Waals surface area contributed by atoms with Crippen LogP contribution in [0.5, 0.6) is 0 Å². The minimum Gasteiger partial charge on any atom is -0.379 e. The van der Waals surface area contributed by atoms with E-state index in [1.807, 2.05) is 29.8 Å². The molecular weight excluding hydrogens is 504 g/mol. The zero-order valence-electron chi connectivity index (χ0n) is 20.7. The number of amides is 1. The molecule has 2 saturated heterocycles. The normalized spacial score (nSPS) is 21.1. The molecule has 1 aromatic carbocycles. The van der Waals surface area contributed by atoms with E-state index >= 15 is 0 Å². The second-order valence-electron chi connectivity index (χ2n) is 10.4. The molecule has 8 nitrogen and oxygen atoms in total. The third-order valence-corrected chi connectivity index (χ3v) is 7.64. The molecule has 2 aromatic heterocycles. The highest BCUT2D eigenvalue weighted by Gasteiger charge is 2.43. The first-order chi connectivity index (χ1) is 18.1. The van der Waals surface area contributed by atoms with E-state index in [-0.39, 0.29) is 30.9 Å². The van der Waals surface area contributed by atoms with Crippen molar-refractivity contribution in [2.75, 3.05) is 31.2 Å². The smallest absolute Gasteiger partial charge is 0.379 e. The monoisotopic (exact) mass is 530 g/mol. The van der Waals surface area contributed by atoms with Gasteiger partial charge in [0, 0.05) is 44.1 Å².